The second-order valence-corrected chi connectivity index (χ2v) is 9.23. The summed E-state index contributed by atoms with van der Waals surface area (Å²) in [6.45, 7) is -0.162. The Hall–Kier alpha value is -3.39. The third kappa shape index (κ3) is 5.65. The Morgan fingerprint density at radius 1 is 0.943 bits per heavy atom. The Labute approximate surface area is 204 Å². The van der Waals surface area contributed by atoms with Crippen LogP contribution in [0.25, 0.3) is 11.1 Å². The van der Waals surface area contributed by atoms with Gasteiger partial charge in [0, 0.05) is 25.0 Å². The summed E-state index contributed by atoms with van der Waals surface area (Å²) in [5, 5.41) is 23.8. The van der Waals surface area contributed by atoms with Gasteiger partial charge >= 0.3 is 12.1 Å². The highest BCUT2D eigenvalue weighted by molar-refractivity contribution is 5.86. The first-order chi connectivity index (χ1) is 17.0. The van der Waals surface area contributed by atoms with Crippen LogP contribution in [-0.2, 0) is 14.3 Å². The number of rotatable bonds is 8. The first-order valence-corrected chi connectivity index (χ1v) is 12.2. The van der Waals surface area contributed by atoms with Gasteiger partial charge in [-0.25, -0.2) is 9.59 Å². The lowest BCUT2D eigenvalue weighted by Crippen LogP contribution is -2.50. The monoisotopic (exact) mass is 480 g/mol. The van der Waals surface area contributed by atoms with Crippen LogP contribution in [0.1, 0.15) is 55.6 Å². The van der Waals surface area contributed by atoms with E-state index in [1.807, 2.05) is 24.3 Å². The number of alkyl carbamates (subject to hydrolysis) is 1. The molecule has 0 aliphatic heterocycles. The average molecular weight is 481 g/mol. The van der Waals surface area contributed by atoms with Crippen LogP contribution in [-0.4, -0.2) is 53.5 Å². The number of carboxylic acid groups (broad SMARTS) is 1. The van der Waals surface area contributed by atoms with E-state index in [1.54, 1.807) is 0 Å². The zero-order chi connectivity index (χ0) is 24.8. The van der Waals surface area contributed by atoms with E-state index >= 15 is 0 Å². The minimum absolute atomic E-state index is 0.0591. The molecule has 8 heteroatoms. The second-order valence-electron chi connectivity index (χ2n) is 9.23. The van der Waals surface area contributed by atoms with Crippen molar-refractivity contribution in [2.45, 2.75) is 56.5 Å². The number of nitrogens with one attached hydrogen (secondary N) is 2. The van der Waals surface area contributed by atoms with Crippen molar-refractivity contribution >= 4 is 18.0 Å². The zero-order valence-electron chi connectivity index (χ0n) is 19.6. The van der Waals surface area contributed by atoms with Crippen LogP contribution in [0.5, 0.6) is 0 Å². The summed E-state index contributed by atoms with van der Waals surface area (Å²) < 4.78 is 5.66. The van der Waals surface area contributed by atoms with Crippen molar-refractivity contribution in [3.8, 4) is 11.1 Å². The molecule has 0 heterocycles. The van der Waals surface area contributed by atoms with Crippen LogP contribution >= 0.6 is 0 Å². The summed E-state index contributed by atoms with van der Waals surface area (Å²) in [5.41, 5.74) is 4.54. The van der Waals surface area contributed by atoms with Crippen LogP contribution in [0.4, 0.5) is 4.79 Å². The lowest BCUT2D eigenvalue weighted by Gasteiger charge is -2.27. The number of aliphatic hydroxyl groups is 1. The van der Waals surface area contributed by atoms with E-state index in [9.17, 15) is 19.5 Å². The molecule has 8 nitrogen and oxygen atoms in total. The molecule has 2 aliphatic rings. The van der Waals surface area contributed by atoms with Crippen LogP contribution in [0.2, 0.25) is 0 Å². The summed E-state index contributed by atoms with van der Waals surface area (Å²) >= 11 is 0. The zero-order valence-corrected chi connectivity index (χ0v) is 19.6. The maximum atomic E-state index is 12.9. The smallest absolute Gasteiger partial charge is 0.407 e. The Bertz CT molecular complexity index is 1030. The molecule has 0 spiro atoms. The minimum atomic E-state index is -1.19. The molecule has 4 N–H and O–H groups in total. The molecule has 2 amide bonds. The summed E-state index contributed by atoms with van der Waals surface area (Å²) in [4.78, 5) is 37.1. The molecule has 35 heavy (non-hydrogen) atoms. The van der Waals surface area contributed by atoms with Crippen LogP contribution < -0.4 is 10.6 Å². The van der Waals surface area contributed by atoms with Gasteiger partial charge in [0.2, 0.25) is 5.91 Å². The Morgan fingerprint density at radius 3 is 2.20 bits per heavy atom. The fourth-order valence-electron chi connectivity index (χ4n) is 5.25. The number of hydrogen-bond donors (Lipinski definition) is 4. The lowest BCUT2D eigenvalue weighted by atomic mass is 9.93. The molecule has 0 radical (unpaired) electrons. The highest BCUT2D eigenvalue weighted by Crippen LogP contribution is 2.44. The van der Waals surface area contributed by atoms with Crippen molar-refractivity contribution in [2.24, 2.45) is 5.92 Å². The predicted octanol–water partition coefficient (Wildman–Crippen LogP) is 3.43. The summed E-state index contributed by atoms with van der Waals surface area (Å²) in [7, 11) is 0. The molecular weight excluding hydrogens is 448 g/mol. The van der Waals surface area contributed by atoms with Gasteiger partial charge in [-0.05, 0) is 35.1 Å². The number of fused-ring (bicyclic) bond motifs is 3. The molecule has 0 saturated heterocycles. The molecular formula is C27H32N2O6. The van der Waals surface area contributed by atoms with Gasteiger partial charge in [0.25, 0.3) is 0 Å². The average Bonchev–Trinajstić information content (AvgIpc) is 2.98. The number of carbonyl (C=O) groups excluding carboxylic acids is 2. The summed E-state index contributed by atoms with van der Waals surface area (Å²) in [6.07, 6.45) is 3.12. The van der Waals surface area contributed by atoms with E-state index < -0.39 is 36.0 Å². The quantitative estimate of drug-likeness (QED) is 0.429. The standard InChI is InChI=1S/C27H32N2O6/c30-15-14-24(26(32)33)28-25(31)21-12-2-1-3-13-23(21)29-27(34)35-16-22-19-10-6-4-8-17(19)18-9-5-7-11-20(18)22/h4-11,21-24,30H,1-3,12-16H2,(H,28,31)(H,29,34)(H,32,33)/t21?,23?,24-/m0/s1. The molecule has 4 rings (SSSR count). The van der Waals surface area contributed by atoms with E-state index in [1.165, 1.54) is 0 Å². The maximum absolute atomic E-state index is 12.9. The number of carboxylic acids is 1. The number of aliphatic carboxylic acids is 1. The fraction of sp³-hybridized carbons (Fsp3) is 0.444. The molecule has 1 fully saturated rings. The molecule has 2 aliphatic carbocycles. The van der Waals surface area contributed by atoms with Crippen molar-refractivity contribution in [3.63, 3.8) is 0 Å². The normalized spacial score (nSPS) is 20.1. The van der Waals surface area contributed by atoms with E-state index in [0.29, 0.717) is 12.8 Å². The SMILES string of the molecule is O=C(NC1CCCCCC1C(=O)N[C@@H](CCO)C(=O)O)OCC1c2ccccc2-c2ccccc21. The Morgan fingerprint density at radius 2 is 1.57 bits per heavy atom. The molecule has 1 saturated carbocycles. The molecule has 3 atom stereocenters. The van der Waals surface area contributed by atoms with Gasteiger partial charge in [-0.2, -0.15) is 0 Å². The van der Waals surface area contributed by atoms with E-state index in [4.69, 9.17) is 9.84 Å². The van der Waals surface area contributed by atoms with Gasteiger partial charge in [0.1, 0.15) is 12.6 Å². The van der Waals surface area contributed by atoms with Crippen molar-refractivity contribution in [1.29, 1.82) is 0 Å². The topological polar surface area (TPSA) is 125 Å². The maximum Gasteiger partial charge on any atom is 0.407 e. The van der Waals surface area contributed by atoms with E-state index in [2.05, 4.69) is 34.9 Å². The number of amides is 2. The Kier molecular flexibility index (Phi) is 8.02. The number of carbonyl (C=O) groups is 3. The first kappa shape index (κ1) is 24.7. The molecule has 0 bridgehead atoms. The number of hydrogen-bond acceptors (Lipinski definition) is 5. The largest absolute Gasteiger partial charge is 0.480 e. The van der Waals surface area contributed by atoms with Gasteiger partial charge in [-0.1, -0.05) is 67.8 Å². The van der Waals surface area contributed by atoms with E-state index in [-0.39, 0.29) is 25.6 Å². The fourth-order valence-corrected chi connectivity index (χ4v) is 5.25. The predicted molar refractivity (Wildman–Crippen MR) is 130 cm³/mol. The highest BCUT2D eigenvalue weighted by Gasteiger charge is 2.34. The lowest BCUT2D eigenvalue weighted by molar-refractivity contribution is -0.143. The molecule has 2 unspecified atom stereocenters. The van der Waals surface area contributed by atoms with Crippen molar-refractivity contribution < 1.29 is 29.3 Å². The Balaban J connectivity index is 1.41. The van der Waals surface area contributed by atoms with E-state index in [0.717, 1.165) is 41.5 Å². The van der Waals surface area contributed by atoms with Crippen molar-refractivity contribution in [1.82, 2.24) is 10.6 Å². The molecule has 2 aromatic rings. The third-order valence-electron chi connectivity index (χ3n) is 7.03. The third-order valence-corrected chi connectivity index (χ3v) is 7.03. The van der Waals surface area contributed by atoms with Crippen molar-refractivity contribution in [3.05, 3.63) is 59.7 Å². The van der Waals surface area contributed by atoms with Gasteiger partial charge < -0.3 is 25.6 Å². The number of benzene rings is 2. The minimum Gasteiger partial charge on any atom is -0.480 e. The van der Waals surface area contributed by atoms with Gasteiger partial charge in [-0.15, -0.1) is 0 Å². The second kappa shape index (κ2) is 11.4. The summed E-state index contributed by atoms with van der Waals surface area (Å²) in [6, 6.07) is 14.6. The van der Waals surface area contributed by atoms with Crippen LogP contribution in [0, 0.1) is 5.92 Å². The number of ether oxygens (including phenoxy) is 1. The van der Waals surface area contributed by atoms with Crippen LogP contribution in [0.15, 0.2) is 48.5 Å². The highest BCUT2D eigenvalue weighted by atomic mass is 16.5. The first-order valence-electron chi connectivity index (χ1n) is 12.2. The number of aliphatic hydroxyl groups excluding tert-OH is 1. The summed E-state index contributed by atoms with van der Waals surface area (Å²) in [5.74, 6) is -2.23. The van der Waals surface area contributed by atoms with Gasteiger partial charge in [-0.3, -0.25) is 4.79 Å². The van der Waals surface area contributed by atoms with Gasteiger partial charge in [0.15, 0.2) is 0 Å². The van der Waals surface area contributed by atoms with Crippen molar-refractivity contribution in [2.75, 3.05) is 13.2 Å². The molecule has 2 aromatic carbocycles. The molecule has 0 aromatic heterocycles. The van der Waals surface area contributed by atoms with Gasteiger partial charge in [0.05, 0.1) is 5.92 Å². The van der Waals surface area contributed by atoms with Crippen LogP contribution in [0.3, 0.4) is 0 Å². The molecule has 186 valence electrons.